The van der Waals surface area contributed by atoms with Crippen LogP contribution < -0.4 is 5.32 Å². The summed E-state index contributed by atoms with van der Waals surface area (Å²) in [7, 11) is 0. The zero-order valence-corrected chi connectivity index (χ0v) is 13.1. The van der Waals surface area contributed by atoms with E-state index in [0.29, 0.717) is 6.04 Å². The minimum Gasteiger partial charge on any atom is -0.308 e. The van der Waals surface area contributed by atoms with E-state index in [0.717, 1.165) is 18.0 Å². The molecule has 2 aromatic rings. The van der Waals surface area contributed by atoms with E-state index in [4.69, 9.17) is 4.98 Å². The number of hydrogen-bond donors (Lipinski definition) is 1. The Morgan fingerprint density at radius 2 is 2.05 bits per heavy atom. The molecular formula is C17H24N2S. The lowest BCUT2D eigenvalue weighted by Crippen LogP contribution is -2.22. The molecule has 0 saturated heterocycles. The average molecular weight is 288 g/mol. The first-order valence-electron chi connectivity index (χ1n) is 7.92. The van der Waals surface area contributed by atoms with Gasteiger partial charge >= 0.3 is 0 Å². The van der Waals surface area contributed by atoms with Gasteiger partial charge in [-0.2, -0.15) is 0 Å². The monoisotopic (exact) mass is 288 g/mol. The molecule has 1 aliphatic carbocycles. The number of nitrogens with one attached hydrogen (secondary N) is 1. The third-order valence-electron chi connectivity index (χ3n) is 4.41. The lowest BCUT2D eigenvalue weighted by atomic mass is 9.87. The smallest absolute Gasteiger partial charge is 0.111 e. The number of hydrogen-bond acceptors (Lipinski definition) is 3. The van der Waals surface area contributed by atoms with Crippen LogP contribution in [0, 0.1) is 5.92 Å². The largest absolute Gasteiger partial charge is 0.308 e. The van der Waals surface area contributed by atoms with Crippen LogP contribution in [0.5, 0.6) is 0 Å². The number of thiazole rings is 1. The van der Waals surface area contributed by atoms with Gasteiger partial charge in [0.25, 0.3) is 0 Å². The molecule has 1 aromatic heterocycles. The fourth-order valence-corrected chi connectivity index (χ4v) is 4.14. The summed E-state index contributed by atoms with van der Waals surface area (Å²) >= 11 is 1.82. The Morgan fingerprint density at radius 1 is 1.25 bits per heavy atom. The van der Waals surface area contributed by atoms with E-state index < -0.39 is 0 Å². The Kier molecular flexibility index (Phi) is 4.69. The first kappa shape index (κ1) is 14.0. The Labute approximate surface area is 125 Å². The van der Waals surface area contributed by atoms with Gasteiger partial charge in [-0.15, -0.1) is 11.3 Å². The summed E-state index contributed by atoms with van der Waals surface area (Å²) in [6, 6.07) is 8.78. The molecule has 0 amide bonds. The normalized spacial score (nSPS) is 18.4. The predicted molar refractivity (Wildman–Crippen MR) is 87.2 cm³/mol. The van der Waals surface area contributed by atoms with Crippen molar-refractivity contribution in [3.63, 3.8) is 0 Å². The maximum atomic E-state index is 4.73. The van der Waals surface area contributed by atoms with Crippen molar-refractivity contribution < 1.29 is 0 Å². The molecule has 1 N–H and O–H groups in total. The Morgan fingerprint density at radius 3 is 2.85 bits per heavy atom. The number of aromatic nitrogens is 1. The maximum absolute atomic E-state index is 4.73. The second kappa shape index (κ2) is 6.68. The molecule has 0 radical (unpaired) electrons. The molecule has 0 spiro atoms. The highest BCUT2D eigenvalue weighted by Crippen LogP contribution is 2.28. The van der Waals surface area contributed by atoms with E-state index in [9.17, 15) is 0 Å². The third kappa shape index (κ3) is 3.39. The first-order valence-corrected chi connectivity index (χ1v) is 8.73. The lowest BCUT2D eigenvalue weighted by molar-refractivity contribution is 0.329. The van der Waals surface area contributed by atoms with Crippen LogP contribution in [0.4, 0.5) is 0 Å². The number of rotatable bonds is 5. The average Bonchev–Trinajstić information content (AvgIpc) is 2.92. The predicted octanol–water partition coefficient (Wildman–Crippen LogP) is 4.92. The van der Waals surface area contributed by atoms with Crippen molar-refractivity contribution in [1.29, 1.82) is 0 Å². The number of nitrogens with zero attached hydrogens (tertiary/aromatic N) is 1. The molecule has 108 valence electrons. The second-order valence-electron chi connectivity index (χ2n) is 5.99. The van der Waals surface area contributed by atoms with E-state index in [1.54, 1.807) is 0 Å². The summed E-state index contributed by atoms with van der Waals surface area (Å²) < 4.78 is 1.29. The molecule has 20 heavy (non-hydrogen) atoms. The van der Waals surface area contributed by atoms with Crippen molar-refractivity contribution in [2.75, 3.05) is 6.54 Å². The first-order chi connectivity index (χ1) is 9.83. The van der Waals surface area contributed by atoms with E-state index in [1.165, 1.54) is 48.2 Å². The van der Waals surface area contributed by atoms with Crippen molar-refractivity contribution >= 4 is 21.6 Å². The molecule has 1 aliphatic rings. The molecule has 1 unspecified atom stereocenters. The van der Waals surface area contributed by atoms with Gasteiger partial charge in [0.2, 0.25) is 0 Å². The van der Waals surface area contributed by atoms with Gasteiger partial charge in [-0.1, -0.05) is 44.2 Å². The SMILES string of the molecule is CC(NCCC1CCCCC1)c1nc2ccccc2s1. The zero-order chi connectivity index (χ0) is 13.8. The molecule has 1 aromatic carbocycles. The highest BCUT2D eigenvalue weighted by Gasteiger charge is 2.14. The van der Waals surface area contributed by atoms with Crippen LogP contribution in [0.25, 0.3) is 10.2 Å². The van der Waals surface area contributed by atoms with E-state index in [2.05, 4.69) is 36.5 Å². The van der Waals surface area contributed by atoms with Gasteiger partial charge in [0.05, 0.1) is 16.3 Å². The molecule has 1 saturated carbocycles. The van der Waals surface area contributed by atoms with E-state index in [1.807, 2.05) is 11.3 Å². The minimum atomic E-state index is 0.371. The van der Waals surface area contributed by atoms with Crippen LogP contribution in [-0.4, -0.2) is 11.5 Å². The number of para-hydroxylation sites is 1. The van der Waals surface area contributed by atoms with Gasteiger partial charge in [0.15, 0.2) is 0 Å². The molecule has 0 bridgehead atoms. The lowest BCUT2D eigenvalue weighted by Gasteiger charge is -2.22. The minimum absolute atomic E-state index is 0.371. The van der Waals surface area contributed by atoms with Gasteiger partial charge in [-0.05, 0) is 37.9 Å². The Balaban J connectivity index is 1.52. The quantitative estimate of drug-likeness (QED) is 0.845. The third-order valence-corrected chi connectivity index (χ3v) is 5.63. The molecule has 0 aliphatic heterocycles. The topological polar surface area (TPSA) is 24.9 Å². The van der Waals surface area contributed by atoms with Crippen LogP contribution in [0.2, 0.25) is 0 Å². The van der Waals surface area contributed by atoms with Crippen LogP contribution in [-0.2, 0) is 0 Å². The van der Waals surface area contributed by atoms with Crippen LogP contribution in [0.15, 0.2) is 24.3 Å². The zero-order valence-electron chi connectivity index (χ0n) is 12.3. The van der Waals surface area contributed by atoms with Crippen molar-refractivity contribution in [3.8, 4) is 0 Å². The van der Waals surface area contributed by atoms with Crippen molar-refractivity contribution in [3.05, 3.63) is 29.3 Å². The second-order valence-corrected chi connectivity index (χ2v) is 7.05. The fraction of sp³-hybridized carbons (Fsp3) is 0.588. The van der Waals surface area contributed by atoms with Crippen molar-refractivity contribution in [2.45, 2.75) is 51.5 Å². The van der Waals surface area contributed by atoms with Gasteiger partial charge in [-0.25, -0.2) is 4.98 Å². The highest BCUT2D eigenvalue weighted by molar-refractivity contribution is 7.18. The van der Waals surface area contributed by atoms with E-state index in [-0.39, 0.29) is 0 Å². The summed E-state index contributed by atoms with van der Waals surface area (Å²) in [5.41, 5.74) is 1.13. The van der Waals surface area contributed by atoms with Crippen molar-refractivity contribution in [1.82, 2.24) is 10.3 Å². The van der Waals surface area contributed by atoms with Gasteiger partial charge in [-0.3, -0.25) is 0 Å². The van der Waals surface area contributed by atoms with Crippen LogP contribution >= 0.6 is 11.3 Å². The van der Waals surface area contributed by atoms with E-state index >= 15 is 0 Å². The molecule has 1 heterocycles. The fourth-order valence-electron chi connectivity index (χ4n) is 3.14. The summed E-state index contributed by atoms with van der Waals surface area (Å²) in [5.74, 6) is 0.957. The summed E-state index contributed by atoms with van der Waals surface area (Å²) in [6.45, 7) is 3.36. The molecule has 1 fully saturated rings. The van der Waals surface area contributed by atoms with Crippen LogP contribution in [0.3, 0.4) is 0 Å². The number of benzene rings is 1. The van der Waals surface area contributed by atoms with Gasteiger partial charge in [0.1, 0.15) is 5.01 Å². The molecule has 3 heteroatoms. The number of fused-ring (bicyclic) bond motifs is 1. The van der Waals surface area contributed by atoms with Crippen LogP contribution in [0.1, 0.15) is 56.5 Å². The highest BCUT2D eigenvalue weighted by atomic mass is 32.1. The van der Waals surface area contributed by atoms with Gasteiger partial charge < -0.3 is 5.32 Å². The summed E-state index contributed by atoms with van der Waals surface area (Å²) in [6.07, 6.45) is 8.55. The molecule has 2 nitrogen and oxygen atoms in total. The molecular weight excluding hydrogens is 264 g/mol. The summed E-state index contributed by atoms with van der Waals surface area (Å²) in [5, 5.41) is 4.87. The Hall–Kier alpha value is -0.930. The molecule has 1 atom stereocenters. The molecule has 3 rings (SSSR count). The maximum Gasteiger partial charge on any atom is 0.111 e. The summed E-state index contributed by atoms with van der Waals surface area (Å²) in [4.78, 5) is 4.73. The Bertz CT molecular complexity index is 510. The van der Waals surface area contributed by atoms with Gasteiger partial charge in [0, 0.05) is 0 Å². The standard InChI is InChI=1S/C17H24N2S/c1-13(18-12-11-14-7-3-2-4-8-14)17-19-15-9-5-6-10-16(15)20-17/h5-6,9-10,13-14,18H,2-4,7-8,11-12H2,1H3. The van der Waals surface area contributed by atoms with Crippen molar-refractivity contribution in [2.24, 2.45) is 5.92 Å².